The van der Waals surface area contributed by atoms with Gasteiger partial charge in [-0.25, -0.2) is 9.59 Å². The van der Waals surface area contributed by atoms with Gasteiger partial charge >= 0.3 is 11.9 Å². The highest BCUT2D eigenvalue weighted by atomic mass is 16.6. The predicted molar refractivity (Wildman–Crippen MR) is 58.0 cm³/mol. The summed E-state index contributed by atoms with van der Waals surface area (Å²) in [4.78, 5) is 22.6. The van der Waals surface area contributed by atoms with Crippen molar-refractivity contribution in [3.8, 4) is 0 Å². The molecule has 0 radical (unpaired) electrons. The molecule has 1 fully saturated rings. The van der Waals surface area contributed by atoms with Gasteiger partial charge in [-0.15, -0.1) is 0 Å². The van der Waals surface area contributed by atoms with Gasteiger partial charge in [-0.1, -0.05) is 12.1 Å². The van der Waals surface area contributed by atoms with Crippen molar-refractivity contribution in [2.24, 2.45) is 0 Å². The topological polar surface area (TPSA) is 76.1 Å². The molecule has 0 spiro atoms. The first kappa shape index (κ1) is 11.6. The van der Waals surface area contributed by atoms with Crippen molar-refractivity contribution in [1.29, 1.82) is 0 Å². The van der Waals surface area contributed by atoms with E-state index in [1.807, 2.05) is 6.92 Å². The average Bonchev–Trinajstić information content (AvgIpc) is 3.02. The highest BCUT2D eigenvalue weighted by molar-refractivity contribution is 6.02. The molecule has 90 valence electrons. The number of ether oxygens (including phenoxy) is 2. The lowest BCUT2D eigenvalue weighted by atomic mass is 10.1. The normalized spacial score (nSPS) is 21.9. The summed E-state index contributed by atoms with van der Waals surface area (Å²) in [5, 5.41) is 8.91. The van der Waals surface area contributed by atoms with Crippen LogP contribution in [0, 0.1) is 0 Å². The Bertz CT molecular complexity index is 454. The van der Waals surface area contributed by atoms with Gasteiger partial charge in [0.1, 0.15) is 12.7 Å². The maximum atomic E-state index is 11.7. The molecule has 17 heavy (non-hydrogen) atoms. The molecule has 0 bridgehead atoms. The van der Waals surface area contributed by atoms with E-state index in [0.717, 1.165) is 0 Å². The third kappa shape index (κ3) is 2.62. The molecule has 1 N–H and O–H groups in total. The van der Waals surface area contributed by atoms with E-state index >= 15 is 0 Å². The second-order valence-corrected chi connectivity index (χ2v) is 3.83. The van der Waals surface area contributed by atoms with Gasteiger partial charge in [0.25, 0.3) is 0 Å². The third-order valence-corrected chi connectivity index (χ3v) is 2.59. The van der Waals surface area contributed by atoms with E-state index < -0.39 is 11.9 Å². The SMILES string of the molecule is CC1OC1COC(=O)c1ccccc1C(=O)O. The number of aromatic carboxylic acids is 1. The molecule has 2 atom stereocenters. The Morgan fingerprint density at radius 2 is 1.94 bits per heavy atom. The number of benzene rings is 1. The van der Waals surface area contributed by atoms with Crippen LogP contribution in [0.15, 0.2) is 24.3 Å². The van der Waals surface area contributed by atoms with Crippen molar-refractivity contribution < 1.29 is 24.2 Å². The van der Waals surface area contributed by atoms with E-state index in [-0.39, 0.29) is 29.9 Å². The van der Waals surface area contributed by atoms with Crippen molar-refractivity contribution in [2.75, 3.05) is 6.61 Å². The Balaban J connectivity index is 2.05. The highest BCUT2D eigenvalue weighted by Crippen LogP contribution is 2.21. The van der Waals surface area contributed by atoms with Gasteiger partial charge in [0.05, 0.1) is 17.2 Å². The van der Waals surface area contributed by atoms with Gasteiger partial charge in [-0.3, -0.25) is 0 Å². The van der Waals surface area contributed by atoms with E-state index in [0.29, 0.717) is 0 Å². The smallest absolute Gasteiger partial charge is 0.339 e. The average molecular weight is 236 g/mol. The zero-order chi connectivity index (χ0) is 12.4. The van der Waals surface area contributed by atoms with Crippen molar-refractivity contribution in [3.63, 3.8) is 0 Å². The molecule has 1 saturated heterocycles. The van der Waals surface area contributed by atoms with Crippen LogP contribution in [0.5, 0.6) is 0 Å². The number of carbonyl (C=O) groups excluding carboxylic acids is 1. The number of rotatable bonds is 4. The first-order valence-electron chi connectivity index (χ1n) is 5.24. The van der Waals surface area contributed by atoms with Crippen LogP contribution in [0.25, 0.3) is 0 Å². The molecule has 0 aliphatic carbocycles. The van der Waals surface area contributed by atoms with Gasteiger partial charge < -0.3 is 14.6 Å². The van der Waals surface area contributed by atoms with Crippen LogP contribution >= 0.6 is 0 Å². The second kappa shape index (κ2) is 4.55. The maximum absolute atomic E-state index is 11.7. The fourth-order valence-electron chi connectivity index (χ4n) is 1.49. The number of carboxylic acid groups (broad SMARTS) is 1. The molecular formula is C12H12O5. The van der Waals surface area contributed by atoms with Crippen LogP contribution in [0.1, 0.15) is 27.6 Å². The standard InChI is InChI=1S/C12H12O5/c1-7-10(17-7)6-16-12(15)9-5-3-2-4-8(9)11(13)14/h2-5,7,10H,6H2,1H3,(H,13,14). The van der Waals surface area contributed by atoms with Crippen molar-refractivity contribution in [1.82, 2.24) is 0 Å². The molecule has 1 aliphatic rings. The Morgan fingerprint density at radius 1 is 1.35 bits per heavy atom. The summed E-state index contributed by atoms with van der Waals surface area (Å²) >= 11 is 0. The predicted octanol–water partition coefficient (Wildman–Crippen LogP) is 1.33. The third-order valence-electron chi connectivity index (χ3n) is 2.59. The molecule has 2 rings (SSSR count). The summed E-state index contributed by atoms with van der Waals surface area (Å²) in [5.41, 5.74) is 0.00978. The Hall–Kier alpha value is -1.88. The maximum Gasteiger partial charge on any atom is 0.339 e. The lowest BCUT2D eigenvalue weighted by Crippen LogP contribution is -2.14. The number of hydrogen-bond acceptors (Lipinski definition) is 4. The van der Waals surface area contributed by atoms with Crippen LogP contribution in [0.4, 0.5) is 0 Å². The van der Waals surface area contributed by atoms with E-state index in [9.17, 15) is 9.59 Å². The van der Waals surface area contributed by atoms with Crippen LogP contribution < -0.4 is 0 Å². The van der Waals surface area contributed by atoms with Gasteiger partial charge in [0, 0.05) is 0 Å². The minimum atomic E-state index is -1.14. The highest BCUT2D eigenvalue weighted by Gasteiger charge is 2.35. The zero-order valence-electron chi connectivity index (χ0n) is 9.25. The summed E-state index contributed by atoms with van der Waals surface area (Å²) in [6.07, 6.45) is 0.0495. The first-order valence-corrected chi connectivity index (χ1v) is 5.24. The molecule has 2 unspecified atom stereocenters. The number of hydrogen-bond donors (Lipinski definition) is 1. The molecule has 5 heteroatoms. The molecule has 0 amide bonds. The Labute approximate surface area is 98.0 Å². The number of esters is 1. The summed E-state index contributed by atoms with van der Waals surface area (Å²) in [6.45, 7) is 2.04. The number of carbonyl (C=O) groups is 2. The van der Waals surface area contributed by atoms with Crippen molar-refractivity contribution in [2.45, 2.75) is 19.1 Å². The van der Waals surface area contributed by atoms with E-state index in [1.54, 1.807) is 12.1 Å². The quantitative estimate of drug-likeness (QED) is 0.630. The largest absolute Gasteiger partial charge is 0.478 e. The molecule has 5 nitrogen and oxygen atoms in total. The molecule has 1 heterocycles. The molecule has 0 aromatic heterocycles. The van der Waals surface area contributed by atoms with Gasteiger partial charge in [-0.2, -0.15) is 0 Å². The summed E-state index contributed by atoms with van der Waals surface area (Å²) in [5.74, 6) is -1.78. The van der Waals surface area contributed by atoms with E-state index in [1.165, 1.54) is 12.1 Å². The molecule has 1 aliphatic heterocycles. The van der Waals surface area contributed by atoms with Crippen LogP contribution in [0.2, 0.25) is 0 Å². The van der Waals surface area contributed by atoms with Crippen molar-refractivity contribution in [3.05, 3.63) is 35.4 Å². The summed E-state index contributed by atoms with van der Waals surface area (Å²) < 4.78 is 10.1. The van der Waals surface area contributed by atoms with Gasteiger partial charge in [0.2, 0.25) is 0 Å². The first-order chi connectivity index (χ1) is 8.09. The second-order valence-electron chi connectivity index (χ2n) is 3.83. The number of epoxide rings is 1. The monoisotopic (exact) mass is 236 g/mol. The fraction of sp³-hybridized carbons (Fsp3) is 0.333. The van der Waals surface area contributed by atoms with E-state index in [4.69, 9.17) is 14.6 Å². The number of carboxylic acids is 1. The summed E-state index contributed by atoms with van der Waals surface area (Å²) in [6, 6.07) is 5.96. The molecule has 1 aromatic rings. The lowest BCUT2D eigenvalue weighted by molar-refractivity contribution is 0.0467. The molecular weight excluding hydrogens is 224 g/mol. The van der Waals surface area contributed by atoms with Crippen molar-refractivity contribution >= 4 is 11.9 Å². The van der Waals surface area contributed by atoms with Crippen LogP contribution in [-0.2, 0) is 9.47 Å². The fourth-order valence-corrected chi connectivity index (χ4v) is 1.49. The van der Waals surface area contributed by atoms with Gasteiger partial charge in [0.15, 0.2) is 0 Å². The Kier molecular flexibility index (Phi) is 3.10. The minimum Gasteiger partial charge on any atom is -0.478 e. The van der Waals surface area contributed by atoms with E-state index in [2.05, 4.69) is 0 Å². The van der Waals surface area contributed by atoms with Crippen LogP contribution in [0.3, 0.4) is 0 Å². The molecule has 1 aromatic carbocycles. The van der Waals surface area contributed by atoms with Gasteiger partial charge in [-0.05, 0) is 19.1 Å². The lowest BCUT2D eigenvalue weighted by Gasteiger charge is -2.05. The minimum absolute atomic E-state index is 0.0535. The zero-order valence-corrected chi connectivity index (χ0v) is 9.25. The Morgan fingerprint density at radius 3 is 2.47 bits per heavy atom. The summed E-state index contributed by atoms with van der Waals surface area (Å²) in [7, 11) is 0. The molecule has 0 saturated carbocycles. The van der Waals surface area contributed by atoms with Crippen LogP contribution in [-0.4, -0.2) is 35.9 Å².